The fourth-order valence-electron chi connectivity index (χ4n) is 1.56. The van der Waals surface area contributed by atoms with Gasteiger partial charge in [0.15, 0.2) is 0 Å². The Balaban J connectivity index is 2.99. The fourth-order valence-corrected chi connectivity index (χ4v) is 2.53. The van der Waals surface area contributed by atoms with Crippen LogP contribution in [0.25, 0.3) is 0 Å². The summed E-state index contributed by atoms with van der Waals surface area (Å²) in [4.78, 5) is 0. The molecule has 1 aromatic rings. The molecule has 102 valence electrons. The molecule has 18 heavy (non-hydrogen) atoms. The quantitative estimate of drug-likeness (QED) is 0.754. The molecule has 0 aliphatic rings. The largest absolute Gasteiger partial charge is 0.496 e. The summed E-state index contributed by atoms with van der Waals surface area (Å²) in [6, 6.07) is 3.80. The normalized spacial score (nSPS) is 12.1. The molecule has 0 spiro atoms. The molecule has 0 aromatic heterocycles. The molecule has 0 amide bonds. The van der Waals surface area contributed by atoms with Gasteiger partial charge in [0.1, 0.15) is 17.2 Å². The van der Waals surface area contributed by atoms with Crippen molar-refractivity contribution in [3.8, 4) is 17.2 Å². The Bertz CT molecular complexity index is 354. The summed E-state index contributed by atoms with van der Waals surface area (Å²) in [5.41, 5.74) is 1.09. The first-order valence-electron chi connectivity index (χ1n) is 6.06. The van der Waals surface area contributed by atoms with Crippen LogP contribution in [0, 0.1) is 0 Å². The standard InChI is InChI=1S/C14H22O3S/c1-6-10(2)18-9-12-13(16-4)7-11(15-3)8-14(12)17-5/h7-8,10H,6,9H2,1-5H3. The van der Waals surface area contributed by atoms with E-state index in [2.05, 4.69) is 13.8 Å². The van der Waals surface area contributed by atoms with E-state index in [1.807, 2.05) is 23.9 Å². The number of hydrogen-bond donors (Lipinski definition) is 0. The van der Waals surface area contributed by atoms with Gasteiger partial charge in [-0.05, 0) is 6.42 Å². The van der Waals surface area contributed by atoms with Crippen LogP contribution in [0.1, 0.15) is 25.8 Å². The highest BCUT2D eigenvalue weighted by Gasteiger charge is 2.14. The Morgan fingerprint density at radius 2 is 1.61 bits per heavy atom. The fraction of sp³-hybridized carbons (Fsp3) is 0.571. The third-order valence-corrected chi connectivity index (χ3v) is 4.26. The zero-order valence-electron chi connectivity index (χ0n) is 11.8. The van der Waals surface area contributed by atoms with E-state index >= 15 is 0 Å². The van der Waals surface area contributed by atoms with Crippen molar-refractivity contribution in [2.24, 2.45) is 0 Å². The molecule has 0 saturated heterocycles. The Labute approximate surface area is 114 Å². The van der Waals surface area contributed by atoms with Crippen molar-refractivity contribution in [3.63, 3.8) is 0 Å². The minimum Gasteiger partial charge on any atom is -0.496 e. The molecule has 1 rings (SSSR count). The van der Waals surface area contributed by atoms with Crippen LogP contribution in [-0.4, -0.2) is 26.6 Å². The zero-order chi connectivity index (χ0) is 13.5. The summed E-state index contributed by atoms with van der Waals surface area (Å²) in [6.07, 6.45) is 1.16. The average Bonchev–Trinajstić information content (AvgIpc) is 2.43. The maximum Gasteiger partial charge on any atom is 0.130 e. The van der Waals surface area contributed by atoms with Gasteiger partial charge >= 0.3 is 0 Å². The molecule has 0 heterocycles. The highest BCUT2D eigenvalue weighted by Crippen LogP contribution is 2.37. The Morgan fingerprint density at radius 1 is 1.06 bits per heavy atom. The molecule has 0 N–H and O–H groups in total. The van der Waals surface area contributed by atoms with Crippen LogP contribution < -0.4 is 14.2 Å². The van der Waals surface area contributed by atoms with Gasteiger partial charge in [0, 0.05) is 28.7 Å². The minimum atomic E-state index is 0.626. The van der Waals surface area contributed by atoms with Gasteiger partial charge in [0.25, 0.3) is 0 Å². The lowest BCUT2D eigenvalue weighted by molar-refractivity contribution is 0.371. The van der Waals surface area contributed by atoms with Crippen molar-refractivity contribution in [3.05, 3.63) is 17.7 Å². The number of benzene rings is 1. The van der Waals surface area contributed by atoms with Crippen molar-refractivity contribution in [2.75, 3.05) is 21.3 Å². The van der Waals surface area contributed by atoms with Crippen LogP contribution in [0.5, 0.6) is 17.2 Å². The van der Waals surface area contributed by atoms with Crippen molar-refractivity contribution < 1.29 is 14.2 Å². The van der Waals surface area contributed by atoms with Crippen LogP contribution in [-0.2, 0) is 5.75 Å². The van der Waals surface area contributed by atoms with Crippen molar-refractivity contribution in [1.29, 1.82) is 0 Å². The summed E-state index contributed by atoms with van der Waals surface area (Å²) in [6.45, 7) is 4.42. The van der Waals surface area contributed by atoms with Crippen LogP contribution in [0.15, 0.2) is 12.1 Å². The maximum absolute atomic E-state index is 5.42. The lowest BCUT2D eigenvalue weighted by Crippen LogP contribution is -2.00. The summed E-state index contributed by atoms with van der Waals surface area (Å²) in [5.74, 6) is 3.27. The summed E-state index contributed by atoms with van der Waals surface area (Å²) in [7, 11) is 4.99. The number of rotatable bonds is 7. The molecule has 3 nitrogen and oxygen atoms in total. The number of ether oxygens (including phenoxy) is 3. The number of hydrogen-bond acceptors (Lipinski definition) is 4. The van der Waals surface area contributed by atoms with Gasteiger partial charge in [-0.1, -0.05) is 13.8 Å². The van der Waals surface area contributed by atoms with Gasteiger partial charge in [-0.3, -0.25) is 0 Å². The van der Waals surface area contributed by atoms with Gasteiger partial charge in [-0.2, -0.15) is 11.8 Å². The Morgan fingerprint density at radius 3 is 2.00 bits per heavy atom. The molecular formula is C14H22O3S. The van der Waals surface area contributed by atoms with Gasteiger partial charge in [0.2, 0.25) is 0 Å². The van der Waals surface area contributed by atoms with Crippen LogP contribution in [0.3, 0.4) is 0 Å². The molecular weight excluding hydrogens is 248 g/mol. The van der Waals surface area contributed by atoms with Gasteiger partial charge < -0.3 is 14.2 Å². The lowest BCUT2D eigenvalue weighted by atomic mass is 10.2. The summed E-state index contributed by atoms with van der Waals surface area (Å²) < 4.78 is 16.1. The molecule has 0 aliphatic carbocycles. The van der Waals surface area contributed by atoms with E-state index in [9.17, 15) is 0 Å². The summed E-state index contributed by atoms with van der Waals surface area (Å²) in [5, 5.41) is 0.626. The van der Waals surface area contributed by atoms with Gasteiger partial charge in [-0.25, -0.2) is 0 Å². The predicted molar refractivity (Wildman–Crippen MR) is 77.1 cm³/mol. The molecule has 0 fully saturated rings. The molecule has 1 unspecified atom stereocenters. The highest BCUT2D eigenvalue weighted by atomic mass is 32.2. The Hall–Kier alpha value is -1.03. The van der Waals surface area contributed by atoms with E-state index in [1.54, 1.807) is 21.3 Å². The maximum atomic E-state index is 5.42. The van der Waals surface area contributed by atoms with Gasteiger partial charge in [0.05, 0.1) is 21.3 Å². The second kappa shape index (κ2) is 7.41. The van der Waals surface area contributed by atoms with Crippen molar-refractivity contribution in [2.45, 2.75) is 31.3 Å². The monoisotopic (exact) mass is 270 g/mol. The van der Waals surface area contributed by atoms with E-state index in [0.717, 1.165) is 35.0 Å². The van der Waals surface area contributed by atoms with Crippen molar-refractivity contribution >= 4 is 11.8 Å². The average molecular weight is 270 g/mol. The third kappa shape index (κ3) is 3.73. The molecule has 0 radical (unpaired) electrons. The third-order valence-electron chi connectivity index (χ3n) is 2.90. The molecule has 0 bridgehead atoms. The second-order valence-electron chi connectivity index (χ2n) is 4.04. The first-order chi connectivity index (χ1) is 8.65. The number of thioether (sulfide) groups is 1. The topological polar surface area (TPSA) is 27.7 Å². The second-order valence-corrected chi connectivity index (χ2v) is 5.47. The molecule has 0 aliphatic heterocycles. The number of methoxy groups -OCH3 is 3. The highest BCUT2D eigenvalue weighted by molar-refractivity contribution is 7.99. The van der Waals surface area contributed by atoms with E-state index < -0.39 is 0 Å². The van der Waals surface area contributed by atoms with Crippen LogP contribution in [0.2, 0.25) is 0 Å². The molecule has 0 saturated carbocycles. The lowest BCUT2D eigenvalue weighted by Gasteiger charge is -2.16. The molecule has 1 atom stereocenters. The van der Waals surface area contributed by atoms with Crippen molar-refractivity contribution in [1.82, 2.24) is 0 Å². The molecule has 4 heteroatoms. The SMILES string of the molecule is CCC(C)SCc1c(OC)cc(OC)cc1OC. The van der Waals surface area contributed by atoms with Gasteiger partial charge in [-0.15, -0.1) is 0 Å². The first kappa shape index (κ1) is 15.0. The Kier molecular flexibility index (Phi) is 6.19. The van der Waals surface area contributed by atoms with E-state index in [4.69, 9.17) is 14.2 Å². The summed E-state index contributed by atoms with van der Waals surface area (Å²) >= 11 is 1.90. The smallest absolute Gasteiger partial charge is 0.130 e. The zero-order valence-corrected chi connectivity index (χ0v) is 12.6. The van der Waals surface area contributed by atoms with Crippen LogP contribution in [0.4, 0.5) is 0 Å². The van der Waals surface area contributed by atoms with E-state index in [-0.39, 0.29) is 0 Å². The minimum absolute atomic E-state index is 0.626. The van der Waals surface area contributed by atoms with E-state index in [1.165, 1.54) is 0 Å². The first-order valence-corrected chi connectivity index (χ1v) is 7.11. The molecule has 1 aromatic carbocycles. The van der Waals surface area contributed by atoms with E-state index in [0.29, 0.717) is 5.25 Å². The predicted octanol–water partition coefficient (Wildman–Crippen LogP) is 3.74. The van der Waals surface area contributed by atoms with Crippen LogP contribution >= 0.6 is 11.8 Å².